The minimum atomic E-state index is -1.02. The molecule has 2 aromatic rings. The molecule has 0 saturated heterocycles. The van der Waals surface area contributed by atoms with E-state index in [0.29, 0.717) is 11.3 Å². The number of nitrogens with zero attached hydrogens (tertiary/aromatic N) is 2. The fourth-order valence-corrected chi connectivity index (χ4v) is 1.70. The van der Waals surface area contributed by atoms with E-state index in [1.807, 2.05) is 0 Å². The second kappa shape index (κ2) is 6.84. The van der Waals surface area contributed by atoms with Gasteiger partial charge in [-0.15, -0.1) is 0 Å². The van der Waals surface area contributed by atoms with Crippen LogP contribution in [0.15, 0.2) is 30.5 Å². The van der Waals surface area contributed by atoms with Crippen LogP contribution in [0.25, 0.3) is 6.08 Å². The van der Waals surface area contributed by atoms with Crippen LogP contribution in [-0.2, 0) is 6.54 Å². The smallest absolute Gasteiger partial charge is 0.274 e. The molecule has 1 aromatic heterocycles. The van der Waals surface area contributed by atoms with Crippen LogP contribution in [0, 0.1) is 17.6 Å². The first-order valence-electron chi connectivity index (χ1n) is 6.38. The molecule has 0 radical (unpaired) electrons. The van der Waals surface area contributed by atoms with Crippen LogP contribution < -0.4 is 5.32 Å². The van der Waals surface area contributed by atoms with Gasteiger partial charge in [-0.3, -0.25) is 4.79 Å². The maximum absolute atomic E-state index is 13.5. The maximum Gasteiger partial charge on any atom is 0.274 e. The molecule has 0 saturated carbocycles. The summed E-state index contributed by atoms with van der Waals surface area (Å²) in [6, 6.07) is 3.22. The largest absolute Gasteiger partial charge is 0.346 e. The zero-order valence-electron chi connectivity index (χ0n) is 11.6. The molecule has 22 heavy (non-hydrogen) atoms. The molecule has 0 unspecified atom stereocenters. The normalized spacial score (nSPS) is 10.9. The Bertz CT molecular complexity index is 732. The summed E-state index contributed by atoms with van der Waals surface area (Å²) in [5, 5.41) is 2.38. The van der Waals surface area contributed by atoms with Crippen molar-refractivity contribution in [3.63, 3.8) is 0 Å². The number of carbonyl (C=O) groups is 1. The van der Waals surface area contributed by atoms with Gasteiger partial charge in [0.25, 0.3) is 5.91 Å². The van der Waals surface area contributed by atoms with Crippen LogP contribution >= 0.6 is 0 Å². The molecule has 7 heteroatoms. The van der Waals surface area contributed by atoms with Gasteiger partial charge in [0.05, 0.1) is 11.9 Å². The number of hydrogen-bond donors (Lipinski definition) is 1. The quantitative estimate of drug-likeness (QED) is 0.945. The highest BCUT2D eigenvalue weighted by Crippen LogP contribution is 2.09. The summed E-state index contributed by atoms with van der Waals surface area (Å²) >= 11 is 0. The second-order valence-electron chi connectivity index (χ2n) is 4.37. The Labute approximate surface area is 124 Å². The Balaban J connectivity index is 2.11. The van der Waals surface area contributed by atoms with Crippen molar-refractivity contribution in [1.82, 2.24) is 15.3 Å². The van der Waals surface area contributed by atoms with Crippen LogP contribution in [0.2, 0.25) is 0 Å². The molecule has 1 aromatic carbocycles. The number of nitrogens with one attached hydrogen (secondary N) is 1. The van der Waals surface area contributed by atoms with Crippen LogP contribution in [0.1, 0.15) is 28.7 Å². The summed E-state index contributed by atoms with van der Waals surface area (Å²) in [5.41, 5.74) is 0.213. The monoisotopic (exact) mass is 307 g/mol. The number of aromatic nitrogens is 2. The summed E-state index contributed by atoms with van der Waals surface area (Å²) in [5.74, 6) is -3.80. The van der Waals surface area contributed by atoms with E-state index < -0.39 is 29.2 Å². The summed E-state index contributed by atoms with van der Waals surface area (Å²) in [4.78, 5) is 19.2. The standard InChI is InChI=1S/C15H12F3N3O/c1-2-3-10-8-19-14(18)13(21-10)15(22)20-7-9-4-5-11(16)12(17)6-9/h2-6,8H,7H2,1H3,(H,20,22). The zero-order valence-corrected chi connectivity index (χ0v) is 11.6. The molecule has 0 fully saturated rings. The molecule has 0 aliphatic carbocycles. The predicted molar refractivity (Wildman–Crippen MR) is 74.2 cm³/mol. The average molecular weight is 307 g/mol. The Morgan fingerprint density at radius 2 is 2.05 bits per heavy atom. The lowest BCUT2D eigenvalue weighted by Gasteiger charge is -2.06. The van der Waals surface area contributed by atoms with Crippen molar-refractivity contribution in [3.05, 3.63) is 65.0 Å². The highest BCUT2D eigenvalue weighted by molar-refractivity contribution is 5.92. The van der Waals surface area contributed by atoms with Crippen molar-refractivity contribution in [2.45, 2.75) is 13.5 Å². The third kappa shape index (κ3) is 3.69. The molecule has 0 atom stereocenters. The van der Waals surface area contributed by atoms with Gasteiger partial charge in [0.2, 0.25) is 5.95 Å². The van der Waals surface area contributed by atoms with E-state index in [0.717, 1.165) is 12.1 Å². The van der Waals surface area contributed by atoms with Crippen molar-refractivity contribution in [3.8, 4) is 0 Å². The lowest BCUT2D eigenvalue weighted by atomic mass is 10.2. The molecular formula is C15H12F3N3O. The highest BCUT2D eigenvalue weighted by Gasteiger charge is 2.15. The number of rotatable bonds is 4. The van der Waals surface area contributed by atoms with Gasteiger partial charge >= 0.3 is 0 Å². The molecule has 4 nitrogen and oxygen atoms in total. The van der Waals surface area contributed by atoms with Gasteiger partial charge in [-0.05, 0) is 30.7 Å². The Morgan fingerprint density at radius 1 is 1.27 bits per heavy atom. The lowest BCUT2D eigenvalue weighted by Crippen LogP contribution is -2.25. The Hall–Kier alpha value is -2.70. The first-order chi connectivity index (χ1) is 10.5. The van der Waals surface area contributed by atoms with Gasteiger partial charge in [-0.2, -0.15) is 4.39 Å². The number of carbonyl (C=O) groups excluding carboxylic acids is 1. The van der Waals surface area contributed by atoms with Gasteiger partial charge in [0.15, 0.2) is 17.3 Å². The molecule has 2 rings (SSSR count). The Morgan fingerprint density at radius 3 is 2.73 bits per heavy atom. The molecule has 0 bridgehead atoms. The zero-order chi connectivity index (χ0) is 16.1. The summed E-state index contributed by atoms with van der Waals surface area (Å²) in [7, 11) is 0. The van der Waals surface area contributed by atoms with Crippen LogP contribution in [0.3, 0.4) is 0 Å². The number of allylic oxidation sites excluding steroid dienone is 1. The third-order valence-corrected chi connectivity index (χ3v) is 2.74. The van der Waals surface area contributed by atoms with Crippen LogP contribution in [-0.4, -0.2) is 15.9 Å². The SMILES string of the molecule is CC=Cc1cnc(F)c(C(=O)NCc2ccc(F)c(F)c2)n1. The summed E-state index contributed by atoms with van der Waals surface area (Å²) in [6.07, 6.45) is 4.44. The second-order valence-corrected chi connectivity index (χ2v) is 4.37. The fraction of sp³-hybridized carbons (Fsp3) is 0.133. The minimum Gasteiger partial charge on any atom is -0.346 e. The van der Waals surface area contributed by atoms with E-state index in [2.05, 4.69) is 15.3 Å². The summed E-state index contributed by atoms with van der Waals surface area (Å²) in [6.45, 7) is 1.65. The number of halogens is 3. The van der Waals surface area contributed by atoms with Crippen molar-refractivity contribution >= 4 is 12.0 Å². The number of benzene rings is 1. The van der Waals surface area contributed by atoms with Crippen molar-refractivity contribution < 1.29 is 18.0 Å². The molecule has 1 amide bonds. The predicted octanol–water partition coefficient (Wildman–Crippen LogP) is 2.86. The van der Waals surface area contributed by atoms with E-state index >= 15 is 0 Å². The van der Waals surface area contributed by atoms with E-state index in [1.54, 1.807) is 19.1 Å². The van der Waals surface area contributed by atoms with Gasteiger partial charge in [-0.1, -0.05) is 12.1 Å². The highest BCUT2D eigenvalue weighted by atomic mass is 19.2. The molecule has 1 N–H and O–H groups in total. The molecule has 0 aliphatic heterocycles. The van der Waals surface area contributed by atoms with Crippen LogP contribution in [0.5, 0.6) is 0 Å². The lowest BCUT2D eigenvalue weighted by molar-refractivity contribution is 0.0940. The van der Waals surface area contributed by atoms with Gasteiger partial charge in [0.1, 0.15) is 0 Å². The average Bonchev–Trinajstić information content (AvgIpc) is 2.50. The number of hydrogen-bond acceptors (Lipinski definition) is 3. The topological polar surface area (TPSA) is 54.9 Å². The first-order valence-corrected chi connectivity index (χ1v) is 6.38. The molecule has 114 valence electrons. The summed E-state index contributed by atoms with van der Waals surface area (Å²) < 4.78 is 39.4. The van der Waals surface area contributed by atoms with E-state index in [4.69, 9.17) is 0 Å². The van der Waals surface area contributed by atoms with Crippen molar-refractivity contribution in [2.24, 2.45) is 0 Å². The van der Waals surface area contributed by atoms with Gasteiger partial charge < -0.3 is 5.32 Å². The molecule has 0 aliphatic rings. The van der Waals surface area contributed by atoms with E-state index in [9.17, 15) is 18.0 Å². The third-order valence-electron chi connectivity index (χ3n) is 2.74. The van der Waals surface area contributed by atoms with Crippen LogP contribution in [0.4, 0.5) is 13.2 Å². The van der Waals surface area contributed by atoms with E-state index in [1.165, 1.54) is 12.3 Å². The minimum absolute atomic E-state index is 0.0923. The molecule has 0 spiro atoms. The van der Waals surface area contributed by atoms with Gasteiger partial charge in [0, 0.05) is 6.54 Å². The first kappa shape index (κ1) is 15.7. The fourth-order valence-electron chi connectivity index (χ4n) is 1.70. The maximum atomic E-state index is 13.5. The van der Waals surface area contributed by atoms with Gasteiger partial charge in [-0.25, -0.2) is 18.7 Å². The van der Waals surface area contributed by atoms with Crippen molar-refractivity contribution in [1.29, 1.82) is 0 Å². The number of amides is 1. The van der Waals surface area contributed by atoms with E-state index in [-0.39, 0.29) is 6.54 Å². The molecule has 1 heterocycles. The van der Waals surface area contributed by atoms with Crippen molar-refractivity contribution in [2.75, 3.05) is 0 Å². The Kier molecular flexibility index (Phi) is 4.88. The molecular weight excluding hydrogens is 295 g/mol.